The summed E-state index contributed by atoms with van der Waals surface area (Å²) in [7, 11) is 0. The molecule has 1 aliphatic heterocycles. The Morgan fingerprint density at radius 2 is 1.68 bits per heavy atom. The number of nitrogens with zero attached hydrogens (tertiary/aromatic N) is 2. The first-order valence-electron chi connectivity index (χ1n) is 12.9. The molecule has 3 aromatic rings. The summed E-state index contributed by atoms with van der Waals surface area (Å²) in [6, 6.07) is 9.51. The molecule has 8 heteroatoms. The molecule has 194 valence electrons. The molecule has 5 N–H and O–H groups in total. The molecule has 2 atom stereocenters. The molecule has 0 radical (unpaired) electrons. The molecular weight excluding hydrogens is 466 g/mol. The maximum atomic E-state index is 13.5. The third-order valence-corrected chi connectivity index (χ3v) is 7.37. The Balaban J connectivity index is 1.73. The van der Waals surface area contributed by atoms with Crippen molar-refractivity contribution in [3.8, 4) is 0 Å². The van der Waals surface area contributed by atoms with E-state index in [9.17, 15) is 9.59 Å². The summed E-state index contributed by atoms with van der Waals surface area (Å²) in [4.78, 5) is 28.1. The van der Waals surface area contributed by atoms with Crippen LogP contribution < -0.4 is 11.5 Å². The van der Waals surface area contributed by atoms with E-state index in [2.05, 4.69) is 4.57 Å². The van der Waals surface area contributed by atoms with Gasteiger partial charge >= 0.3 is 0 Å². The van der Waals surface area contributed by atoms with E-state index in [4.69, 9.17) is 21.6 Å². The number of hydrogen-bond donors (Lipinski definition) is 3. The third kappa shape index (κ3) is 4.62. The van der Waals surface area contributed by atoms with Gasteiger partial charge in [-0.05, 0) is 76.3 Å². The lowest BCUT2D eigenvalue weighted by molar-refractivity contribution is -0.0586. The van der Waals surface area contributed by atoms with Crippen molar-refractivity contribution >= 4 is 44.9 Å². The number of carbonyl (C=O) groups excluding carboxylic acids is 2. The molecule has 1 aliphatic carbocycles. The predicted octanol–water partition coefficient (Wildman–Crippen LogP) is 4.28. The second-order valence-corrected chi connectivity index (χ2v) is 10.7. The van der Waals surface area contributed by atoms with Gasteiger partial charge in [0, 0.05) is 58.5 Å². The Hall–Kier alpha value is -3.65. The Morgan fingerprint density at radius 3 is 2.24 bits per heavy atom. The van der Waals surface area contributed by atoms with Crippen LogP contribution in [-0.4, -0.2) is 52.3 Å². The monoisotopic (exact) mass is 501 g/mol. The first-order chi connectivity index (χ1) is 17.5. The van der Waals surface area contributed by atoms with Crippen LogP contribution in [-0.2, 0) is 11.3 Å². The summed E-state index contributed by atoms with van der Waals surface area (Å²) in [5.74, 6) is -0.0210. The molecule has 2 fully saturated rings. The van der Waals surface area contributed by atoms with Crippen LogP contribution in [0.25, 0.3) is 27.4 Å². The van der Waals surface area contributed by atoms with Crippen LogP contribution in [0.15, 0.2) is 36.0 Å². The van der Waals surface area contributed by atoms with Crippen molar-refractivity contribution in [1.82, 2.24) is 9.47 Å². The van der Waals surface area contributed by atoms with E-state index in [0.717, 1.165) is 41.2 Å². The lowest BCUT2D eigenvalue weighted by atomic mass is 9.95. The van der Waals surface area contributed by atoms with Crippen LogP contribution in [0.1, 0.15) is 66.8 Å². The minimum absolute atomic E-state index is 0.0140. The molecule has 2 aromatic carbocycles. The molecular formula is C29H35N5O3. The number of carbonyl (C=O) groups is 2. The Kier molecular flexibility index (Phi) is 6.31. The van der Waals surface area contributed by atoms with E-state index < -0.39 is 5.91 Å². The lowest BCUT2D eigenvalue weighted by Gasteiger charge is -2.35. The number of amides is 2. The van der Waals surface area contributed by atoms with Crippen LogP contribution in [0.2, 0.25) is 0 Å². The number of nitrogens with two attached hydrogens (primary N) is 2. The Morgan fingerprint density at radius 1 is 1.00 bits per heavy atom. The number of ether oxygens (including phenoxy) is 1. The van der Waals surface area contributed by atoms with Gasteiger partial charge in [-0.15, -0.1) is 0 Å². The van der Waals surface area contributed by atoms with Crippen molar-refractivity contribution in [1.29, 1.82) is 5.41 Å². The molecule has 37 heavy (non-hydrogen) atoms. The first kappa shape index (κ1) is 25.0. The Bertz CT molecular complexity index is 1470. The molecule has 0 bridgehead atoms. The van der Waals surface area contributed by atoms with E-state index in [1.54, 1.807) is 19.9 Å². The quantitative estimate of drug-likeness (QED) is 0.436. The highest BCUT2D eigenvalue weighted by Gasteiger charge is 2.29. The van der Waals surface area contributed by atoms with Crippen LogP contribution in [0.3, 0.4) is 0 Å². The highest BCUT2D eigenvalue weighted by Crippen LogP contribution is 2.39. The molecule has 2 unspecified atom stereocenters. The number of hydrogen-bond acceptors (Lipinski definition) is 5. The van der Waals surface area contributed by atoms with E-state index in [-0.39, 0.29) is 18.1 Å². The van der Waals surface area contributed by atoms with Gasteiger partial charge in [-0.3, -0.25) is 9.59 Å². The van der Waals surface area contributed by atoms with E-state index in [0.29, 0.717) is 52.7 Å². The number of nitrogens with one attached hydrogen (secondary N) is 1. The maximum Gasteiger partial charge on any atom is 0.254 e. The molecule has 1 saturated heterocycles. The van der Waals surface area contributed by atoms with Gasteiger partial charge in [0.25, 0.3) is 11.8 Å². The Labute approximate surface area is 216 Å². The van der Waals surface area contributed by atoms with Gasteiger partial charge in [0.05, 0.1) is 23.3 Å². The zero-order valence-corrected chi connectivity index (χ0v) is 21.9. The average Bonchev–Trinajstić information content (AvgIpc) is 3.59. The zero-order chi connectivity index (χ0) is 26.6. The number of allylic oxidation sites excluding steroid dienone is 2. The van der Waals surface area contributed by atoms with Gasteiger partial charge in [0.1, 0.15) is 0 Å². The van der Waals surface area contributed by atoms with Gasteiger partial charge in [-0.1, -0.05) is 6.07 Å². The summed E-state index contributed by atoms with van der Waals surface area (Å²) >= 11 is 0. The molecule has 1 saturated carbocycles. The largest absolute Gasteiger partial charge is 0.402 e. The normalized spacial score (nSPS) is 20.8. The van der Waals surface area contributed by atoms with Crippen molar-refractivity contribution < 1.29 is 14.3 Å². The minimum Gasteiger partial charge on any atom is -0.402 e. The van der Waals surface area contributed by atoms with Gasteiger partial charge < -0.3 is 31.1 Å². The molecule has 1 aromatic heterocycles. The van der Waals surface area contributed by atoms with Crippen molar-refractivity contribution in [2.24, 2.45) is 17.4 Å². The van der Waals surface area contributed by atoms with Gasteiger partial charge in [0.2, 0.25) is 0 Å². The molecule has 0 spiro atoms. The zero-order valence-electron chi connectivity index (χ0n) is 21.9. The summed E-state index contributed by atoms with van der Waals surface area (Å²) in [6.07, 6.45) is 2.25. The van der Waals surface area contributed by atoms with E-state index in [1.807, 2.05) is 43.0 Å². The summed E-state index contributed by atoms with van der Waals surface area (Å²) in [5, 5.41) is 10.1. The summed E-state index contributed by atoms with van der Waals surface area (Å²) < 4.78 is 7.97. The first-order valence-corrected chi connectivity index (χ1v) is 12.9. The molecule has 2 heterocycles. The second kappa shape index (κ2) is 9.34. The standard InChI is InChI=1S/C29H35N5O3/c1-15-12-33(13-16(2)37-15)29(36)20-7-8-22-23-9-21(26(17(3)30)18(4)31)10-24(28(32)35)27(23)34(25(22)11-20)14-19-5-6-19/h7-11,15-16,19,30H,5-6,12-14,31H2,1-4H3,(H2,32,35)/b26-18+,30-17?. The summed E-state index contributed by atoms with van der Waals surface area (Å²) in [6.45, 7) is 9.26. The lowest BCUT2D eigenvalue weighted by Crippen LogP contribution is -2.48. The fraction of sp³-hybridized carbons (Fsp3) is 0.414. The molecule has 8 nitrogen and oxygen atoms in total. The minimum atomic E-state index is -0.532. The number of fused-ring (bicyclic) bond motifs is 3. The van der Waals surface area contributed by atoms with Crippen molar-refractivity contribution in [3.05, 3.63) is 52.7 Å². The van der Waals surface area contributed by atoms with Crippen molar-refractivity contribution in [3.63, 3.8) is 0 Å². The third-order valence-electron chi connectivity index (χ3n) is 7.37. The number of aromatic nitrogens is 1. The smallest absolute Gasteiger partial charge is 0.254 e. The van der Waals surface area contributed by atoms with Crippen LogP contribution >= 0.6 is 0 Å². The number of rotatable bonds is 6. The molecule has 5 rings (SSSR count). The highest BCUT2D eigenvalue weighted by molar-refractivity contribution is 6.24. The van der Waals surface area contributed by atoms with Crippen LogP contribution in [0.4, 0.5) is 0 Å². The van der Waals surface area contributed by atoms with Crippen molar-refractivity contribution in [2.45, 2.75) is 59.3 Å². The topological polar surface area (TPSA) is 127 Å². The van der Waals surface area contributed by atoms with Gasteiger partial charge in [0.15, 0.2) is 0 Å². The fourth-order valence-electron chi connectivity index (χ4n) is 5.71. The second-order valence-electron chi connectivity index (χ2n) is 10.7. The average molecular weight is 502 g/mol. The fourth-order valence-corrected chi connectivity index (χ4v) is 5.71. The molecule has 2 aliphatic rings. The van der Waals surface area contributed by atoms with E-state index in [1.165, 1.54) is 0 Å². The molecule has 2 amide bonds. The predicted molar refractivity (Wildman–Crippen MR) is 147 cm³/mol. The van der Waals surface area contributed by atoms with Gasteiger partial charge in [-0.25, -0.2) is 0 Å². The van der Waals surface area contributed by atoms with Crippen molar-refractivity contribution in [2.75, 3.05) is 13.1 Å². The highest BCUT2D eigenvalue weighted by atomic mass is 16.5. The SMILES string of the molecule is CC(=N)/C(=C(/C)N)c1cc(C(N)=O)c2c(c1)c1ccc(C(=O)N3CC(C)OC(C)C3)cc1n2CC1CC1. The number of benzene rings is 2. The van der Waals surface area contributed by atoms with Crippen LogP contribution in [0.5, 0.6) is 0 Å². The number of morpholine rings is 1. The summed E-state index contributed by atoms with van der Waals surface area (Å²) in [5.41, 5.74) is 16.8. The van der Waals surface area contributed by atoms with Gasteiger partial charge in [-0.2, -0.15) is 0 Å². The van der Waals surface area contributed by atoms with Crippen LogP contribution in [0, 0.1) is 11.3 Å². The van der Waals surface area contributed by atoms with E-state index >= 15 is 0 Å². The number of primary amides is 1. The maximum absolute atomic E-state index is 13.5.